The third-order valence-electron chi connectivity index (χ3n) is 4.15. The SMILES string of the molecule is Cc1ccc(O[C@H](C)C(=O)NNC(=O)CCC(=O)Nc2cccc(Cl)c2C)cc1. The van der Waals surface area contributed by atoms with Gasteiger partial charge in [-0.2, -0.15) is 0 Å². The first-order valence-electron chi connectivity index (χ1n) is 9.13. The molecule has 0 spiro atoms. The Bertz CT molecular complexity index is 884. The Hall–Kier alpha value is -3.06. The molecule has 0 aliphatic heterocycles. The predicted octanol–water partition coefficient (Wildman–Crippen LogP) is 3.29. The molecular weight excluding hydrogens is 394 g/mol. The van der Waals surface area contributed by atoms with Crippen LogP contribution in [0.5, 0.6) is 5.75 Å². The quantitative estimate of drug-likeness (QED) is 0.602. The van der Waals surface area contributed by atoms with Crippen LogP contribution < -0.4 is 20.9 Å². The molecule has 154 valence electrons. The average Bonchev–Trinajstić information content (AvgIpc) is 2.69. The van der Waals surface area contributed by atoms with E-state index in [1.54, 1.807) is 44.2 Å². The molecule has 29 heavy (non-hydrogen) atoms. The summed E-state index contributed by atoms with van der Waals surface area (Å²) in [7, 11) is 0. The van der Waals surface area contributed by atoms with Crippen LogP contribution in [0.4, 0.5) is 5.69 Å². The minimum atomic E-state index is -0.799. The van der Waals surface area contributed by atoms with Gasteiger partial charge < -0.3 is 10.1 Å². The van der Waals surface area contributed by atoms with Gasteiger partial charge in [0, 0.05) is 23.6 Å². The Balaban J connectivity index is 1.71. The summed E-state index contributed by atoms with van der Waals surface area (Å²) in [5.74, 6) is -0.762. The van der Waals surface area contributed by atoms with Gasteiger partial charge >= 0.3 is 0 Å². The summed E-state index contributed by atoms with van der Waals surface area (Å²) in [5, 5.41) is 3.26. The minimum absolute atomic E-state index is 0.0386. The molecule has 0 unspecified atom stereocenters. The maximum atomic E-state index is 12.0. The van der Waals surface area contributed by atoms with E-state index in [1.165, 1.54) is 0 Å². The van der Waals surface area contributed by atoms with Crippen LogP contribution in [0, 0.1) is 13.8 Å². The van der Waals surface area contributed by atoms with E-state index in [0.29, 0.717) is 16.5 Å². The molecule has 2 aromatic carbocycles. The summed E-state index contributed by atoms with van der Waals surface area (Å²) >= 11 is 6.01. The number of ether oxygens (including phenoxy) is 1. The number of carbonyl (C=O) groups excluding carboxylic acids is 3. The Morgan fingerprint density at radius 1 is 0.966 bits per heavy atom. The van der Waals surface area contributed by atoms with Crippen molar-refractivity contribution in [3.8, 4) is 5.75 Å². The second-order valence-electron chi connectivity index (χ2n) is 6.57. The molecule has 8 heteroatoms. The zero-order valence-corrected chi connectivity index (χ0v) is 17.3. The minimum Gasteiger partial charge on any atom is -0.481 e. The molecular formula is C21H24ClN3O4. The largest absolute Gasteiger partial charge is 0.481 e. The van der Waals surface area contributed by atoms with Crippen molar-refractivity contribution in [1.82, 2.24) is 10.9 Å². The third-order valence-corrected chi connectivity index (χ3v) is 4.56. The summed E-state index contributed by atoms with van der Waals surface area (Å²) in [4.78, 5) is 35.9. The molecule has 0 aliphatic rings. The fraction of sp³-hybridized carbons (Fsp3) is 0.286. The fourth-order valence-corrected chi connectivity index (χ4v) is 2.53. The maximum Gasteiger partial charge on any atom is 0.279 e. The Morgan fingerprint density at radius 2 is 1.62 bits per heavy atom. The number of amides is 3. The van der Waals surface area contributed by atoms with Crippen LogP contribution in [0.25, 0.3) is 0 Å². The molecule has 0 aliphatic carbocycles. The molecule has 1 atom stereocenters. The van der Waals surface area contributed by atoms with Crippen LogP contribution in [0.1, 0.15) is 30.9 Å². The highest BCUT2D eigenvalue weighted by molar-refractivity contribution is 6.31. The van der Waals surface area contributed by atoms with Crippen molar-refractivity contribution in [2.45, 2.75) is 39.7 Å². The van der Waals surface area contributed by atoms with Gasteiger partial charge in [0.05, 0.1) is 0 Å². The van der Waals surface area contributed by atoms with Gasteiger partial charge in [0.2, 0.25) is 11.8 Å². The zero-order chi connectivity index (χ0) is 21.4. The van der Waals surface area contributed by atoms with Crippen LogP contribution in [-0.2, 0) is 14.4 Å². The van der Waals surface area contributed by atoms with Gasteiger partial charge in [-0.1, -0.05) is 35.4 Å². The molecule has 3 N–H and O–H groups in total. The third kappa shape index (κ3) is 7.12. The van der Waals surface area contributed by atoms with Gasteiger partial charge in [0.1, 0.15) is 5.75 Å². The van der Waals surface area contributed by atoms with E-state index in [1.807, 2.05) is 19.1 Å². The van der Waals surface area contributed by atoms with Gasteiger partial charge in [-0.15, -0.1) is 0 Å². The first-order chi connectivity index (χ1) is 13.8. The van der Waals surface area contributed by atoms with Crippen molar-refractivity contribution in [3.63, 3.8) is 0 Å². The molecule has 0 radical (unpaired) electrons. The first kappa shape index (κ1) is 22.2. The van der Waals surface area contributed by atoms with E-state index in [4.69, 9.17) is 16.3 Å². The van der Waals surface area contributed by atoms with Crippen LogP contribution in [0.3, 0.4) is 0 Å². The number of hydrazine groups is 1. The van der Waals surface area contributed by atoms with Crippen molar-refractivity contribution in [2.75, 3.05) is 5.32 Å². The Morgan fingerprint density at radius 3 is 2.31 bits per heavy atom. The molecule has 0 aromatic heterocycles. The maximum absolute atomic E-state index is 12.0. The van der Waals surface area contributed by atoms with Crippen LogP contribution in [0.15, 0.2) is 42.5 Å². The van der Waals surface area contributed by atoms with Crippen molar-refractivity contribution in [1.29, 1.82) is 0 Å². The van der Waals surface area contributed by atoms with E-state index < -0.39 is 17.9 Å². The molecule has 0 bridgehead atoms. The van der Waals surface area contributed by atoms with Crippen LogP contribution in [0.2, 0.25) is 5.02 Å². The lowest BCUT2D eigenvalue weighted by atomic mass is 10.2. The number of halogens is 1. The molecule has 7 nitrogen and oxygen atoms in total. The standard InChI is InChI=1S/C21H24ClN3O4/c1-13-7-9-16(10-8-13)29-15(3)21(28)25-24-20(27)12-11-19(26)23-18-6-4-5-17(22)14(18)2/h4-10,15H,11-12H2,1-3H3,(H,23,26)(H,24,27)(H,25,28)/t15-/m1/s1. The molecule has 2 aromatic rings. The second kappa shape index (κ2) is 10.5. The predicted molar refractivity (Wildman–Crippen MR) is 112 cm³/mol. The lowest BCUT2D eigenvalue weighted by Gasteiger charge is -2.15. The summed E-state index contributed by atoms with van der Waals surface area (Å²) in [6.45, 7) is 5.31. The topological polar surface area (TPSA) is 96.5 Å². The number of hydrogen-bond donors (Lipinski definition) is 3. The van der Waals surface area contributed by atoms with Gasteiger partial charge in [-0.05, 0) is 50.6 Å². The number of anilines is 1. The average molecular weight is 418 g/mol. The zero-order valence-electron chi connectivity index (χ0n) is 16.5. The summed E-state index contributed by atoms with van der Waals surface area (Å²) in [6.07, 6.45) is -0.922. The number of benzene rings is 2. The lowest BCUT2D eigenvalue weighted by molar-refractivity contribution is -0.133. The molecule has 0 saturated heterocycles. The Kier molecular flexibility index (Phi) is 8.03. The van der Waals surface area contributed by atoms with Gasteiger partial charge in [-0.3, -0.25) is 25.2 Å². The molecule has 2 rings (SSSR count). The number of aryl methyl sites for hydroxylation is 1. The van der Waals surface area contributed by atoms with E-state index in [-0.39, 0.29) is 18.7 Å². The number of carbonyl (C=O) groups is 3. The number of hydrogen-bond acceptors (Lipinski definition) is 4. The van der Waals surface area contributed by atoms with Crippen molar-refractivity contribution >= 4 is 35.0 Å². The van der Waals surface area contributed by atoms with Gasteiger partial charge in [0.25, 0.3) is 5.91 Å². The molecule has 0 fully saturated rings. The van der Waals surface area contributed by atoms with E-state index in [0.717, 1.165) is 11.1 Å². The van der Waals surface area contributed by atoms with Gasteiger partial charge in [-0.25, -0.2) is 0 Å². The summed E-state index contributed by atoms with van der Waals surface area (Å²) in [6, 6.07) is 12.5. The van der Waals surface area contributed by atoms with Crippen molar-refractivity contribution in [2.24, 2.45) is 0 Å². The summed E-state index contributed by atoms with van der Waals surface area (Å²) in [5.41, 5.74) is 7.00. The molecule has 0 saturated carbocycles. The molecule has 0 heterocycles. The highest BCUT2D eigenvalue weighted by atomic mass is 35.5. The van der Waals surface area contributed by atoms with Crippen LogP contribution >= 0.6 is 11.6 Å². The van der Waals surface area contributed by atoms with Crippen molar-refractivity contribution in [3.05, 3.63) is 58.6 Å². The highest BCUT2D eigenvalue weighted by Gasteiger charge is 2.16. The highest BCUT2D eigenvalue weighted by Crippen LogP contribution is 2.23. The lowest BCUT2D eigenvalue weighted by Crippen LogP contribution is -2.47. The van der Waals surface area contributed by atoms with Gasteiger partial charge in [0.15, 0.2) is 6.10 Å². The van der Waals surface area contributed by atoms with E-state index in [9.17, 15) is 14.4 Å². The molecule has 3 amide bonds. The van der Waals surface area contributed by atoms with Crippen molar-refractivity contribution < 1.29 is 19.1 Å². The van der Waals surface area contributed by atoms with E-state index >= 15 is 0 Å². The van der Waals surface area contributed by atoms with Crippen LogP contribution in [-0.4, -0.2) is 23.8 Å². The van der Waals surface area contributed by atoms with E-state index in [2.05, 4.69) is 16.2 Å². The monoisotopic (exact) mass is 417 g/mol. The Labute approximate surface area is 174 Å². The normalized spacial score (nSPS) is 11.3. The second-order valence-corrected chi connectivity index (χ2v) is 6.98. The smallest absolute Gasteiger partial charge is 0.279 e. The fourth-order valence-electron chi connectivity index (χ4n) is 2.35. The summed E-state index contributed by atoms with van der Waals surface area (Å²) < 4.78 is 5.51. The number of nitrogens with one attached hydrogen (secondary N) is 3. The first-order valence-corrected chi connectivity index (χ1v) is 9.51. The number of rotatable bonds is 7.